The van der Waals surface area contributed by atoms with E-state index in [1.807, 2.05) is 19.9 Å². The maximum atomic E-state index is 13.0. The highest BCUT2D eigenvalue weighted by Gasteiger charge is 2.31. The van der Waals surface area contributed by atoms with Crippen molar-refractivity contribution in [3.8, 4) is 0 Å². The Morgan fingerprint density at radius 1 is 1.07 bits per heavy atom. The second kappa shape index (κ2) is 8.56. The molecule has 0 aliphatic heterocycles. The van der Waals surface area contributed by atoms with Gasteiger partial charge in [-0.3, -0.25) is 13.9 Å². The van der Waals surface area contributed by atoms with Gasteiger partial charge in [0.05, 0.1) is 11.9 Å². The molecule has 28 heavy (non-hydrogen) atoms. The van der Waals surface area contributed by atoms with Gasteiger partial charge in [-0.15, -0.1) is 0 Å². The molecule has 0 aliphatic rings. The highest BCUT2D eigenvalue weighted by atomic mass is 32.2. The molecule has 0 radical (unpaired) electrons. The van der Waals surface area contributed by atoms with Crippen LogP contribution in [0.5, 0.6) is 0 Å². The summed E-state index contributed by atoms with van der Waals surface area (Å²) in [6.07, 6.45) is 1.38. The highest BCUT2D eigenvalue weighted by Crippen LogP contribution is 2.26. The SMILES string of the molecule is CCC(C(=O)Nc1cccc(C(C)=O)c1)N(c1cc(C)cc(C)c1)S(C)(=O)=O. The Morgan fingerprint density at radius 3 is 2.18 bits per heavy atom. The van der Waals surface area contributed by atoms with Crippen LogP contribution >= 0.6 is 0 Å². The molecule has 0 bridgehead atoms. The number of carbonyl (C=O) groups is 2. The van der Waals surface area contributed by atoms with Crippen LogP contribution in [0.2, 0.25) is 0 Å². The number of benzene rings is 2. The molecule has 6 nitrogen and oxygen atoms in total. The fraction of sp³-hybridized carbons (Fsp3) is 0.333. The van der Waals surface area contributed by atoms with Crippen molar-refractivity contribution in [3.63, 3.8) is 0 Å². The lowest BCUT2D eigenvalue weighted by atomic mass is 10.1. The molecule has 0 spiro atoms. The number of Topliss-reactive ketones (excluding diaryl/α,β-unsaturated/α-hetero) is 1. The van der Waals surface area contributed by atoms with Crippen molar-refractivity contribution >= 4 is 33.1 Å². The smallest absolute Gasteiger partial charge is 0.248 e. The summed E-state index contributed by atoms with van der Waals surface area (Å²) in [6, 6.07) is 11.1. The molecule has 0 aliphatic carbocycles. The van der Waals surface area contributed by atoms with Gasteiger partial charge in [0.1, 0.15) is 6.04 Å². The maximum absolute atomic E-state index is 13.0. The summed E-state index contributed by atoms with van der Waals surface area (Å²) in [4.78, 5) is 24.5. The number of nitrogens with one attached hydrogen (secondary N) is 1. The molecule has 1 unspecified atom stereocenters. The van der Waals surface area contributed by atoms with Gasteiger partial charge in [0.25, 0.3) is 0 Å². The van der Waals surface area contributed by atoms with Crippen molar-refractivity contribution in [3.05, 3.63) is 59.2 Å². The van der Waals surface area contributed by atoms with E-state index < -0.39 is 22.0 Å². The Hall–Kier alpha value is -2.67. The molecule has 1 amide bonds. The van der Waals surface area contributed by atoms with E-state index in [1.54, 1.807) is 43.3 Å². The van der Waals surface area contributed by atoms with Crippen LogP contribution in [-0.4, -0.2) is 32.4 Å². The van der Waals surface area contributed by atoms with Crippen LogP contribution in [0.25, 0.3) is 0 Å². The van der Waals surface area contributed by atoms with Gasteiger partial charge in [0, 0.05) is 11.3 Å². The third-order valence-corrected chi connectivity index (χ3v) is 5.51. The van der Waals surface area contributed by atoms with Crippen LogP contribution in [0.15, 0.2) is 42.5 Å². The topological polar surface area (TPSA) is 83.6 Å². The van der Waals surface area contributed by atoms with Gasteiger partial charge in [0.15, 0.2) is 5.78 Å². The Labute approximate surface area is 166 Å². The first-order valence-corrected chi connectivity index (χ1v) is 10.9. The molecule has 1 N–H and O–H groups in total. The van der Waals surface area contributed by atoms with Gasteiger partial charge >= 0.3 is 0 Å². The number of anilines is 2. The lowest BCUT2D eigenvalue weighted by Gasteiger charge is -2.30. The molecule has 2 aromatic carbocycles. The third-order valence-electron chi connectivity index (χ3n) is 4.33. The number of amides is 1. The van der Waals surface area contributed by atoms with E-state index in [9.17, 15) is 18.0 Å². The van der Waals surface area contributed by atoms with Gasteiger partial charge in [-0.25, -0.2) is 8.42 Å². The normalized spacial score (nSPS) is 12.3. The lowest BCUT2D eigenvalue weighted by Crippen LogP contribution is -2.47. The number of hydrogen-bond acceptors (Lipinski definition) is 4. The summed E-state index contributed by atoms with van der Waals surface area (Å²) < 4.78 is 26.3. The lowest BCUT2D eigenvalue weighted by molar-refractivity contribution is -0.117. The van der Waals surface area contributed by atoms with Gasteiger partial charge in [-0.1, -0.05) is 25.1 Å². The number of sulfonamides is 1. The van der Waals surface area contributed by atoms with E-state index in [1.165, 1.54) is 6.92 Å². The molecular weight excluding hydrogens is 376 g/mol. The van der Waals surface area contributed by atoms with Crippen LogP contribution in [0.1, 0.15) is 41.8 Å². The number of nitrogens with zero attached hydrogens (tertiary/aromatic N) is 1. The first-order valence-electron chi connectivity index (χ1n) is 9.02. The van der Waals surface area contributed by atoms with Crippen LogP contribution in [0.4, 0.5) is 11.4 Å². The number of aryl methyl sites for hydroxylation is 2. The summed E-state index contributed by atoms with van der Waals surface area (Å²) in [5.74, 6) is -0.566. The second-order valence-electron chi connectivity index (χ2n) is 6.96. The molecule has 7 heteroatoms. The molecule has 0 saturated carbocycles. The van der Waals surface area contributed by atoms with Crippen molar-refractivity contribution in [1.82, 2.24) is 0 Å². The van der Waals surface area contributed by atoms with Crippen LogP contribution in [0.3, 0.4) is 0 Å². The first kappa shape index (κ1) is 21.6. The maximum Gasteiger partial charge on any atom is 0.248 e. The minimum atomic E-state index is -3.70. The fourth-order valence-corrected chi connectivity index (χ4v) is 4.38. The zero-order valence-electron chi connectivity index (χ0n) is 16.8. The molecule has 0 saturated heterocycles. The first-order chi connectivity index (χ1) is 13.0. The van der Waals surface area contributed by atoms with E-state index in [0.29, 0.717) is 16.9 Å². The van der Waals surface area contributed by atoms with E-state index >= 15 is 0 Å². The van der Waals surface area contributed by atoms with Gasteiger partial charge < -0.3 is 5.32 Å². The van der Waals surface area contributed by atoms with Crippen molar-refractivity contribution in [2.45, 2.75) is 40.2 Å². The summed E-state index contributed by atoms with van der Waals surface area (Å²) in [6.45, 7) is 6.97. The molecule has 1 atom stereocenters. The molecule has 2 rings (SSSR count). The molecule has 0 heterocycles. The largest absolute Gasteiger partial charge is 0.324 e. The average Bonchev–Trinajstić information content (AvgIpc) is 2.57. The Balaban J connectivity index is 2.42. The zero-order chi connectivity index (χ0) is 21.1. The van der Waals surface area contributed by atoms with Gasteiger partial charge in [-0.2, -0.15) is 0 Å². The molecule has 2 aromatic rings. The molecule has 0 fully saturated rings. The van der Waals surface area contributed by atoms with Crippen molar-refractivity contribution < 1.29 is 18.0 Å². The van der Waals surface area contributed by atoms with Crippen LogP contribution in [-0.2, 0) is 14.8 Å². The number of hydrogen-bond donors (Lipinski definition) is 1. The van der Waals surface area contributed by atoms with E-state index in [-0.39, 0.29) is 12.2 Å². The average molecular weight is 403 g/mol. The minimum absolute atomic E-state index is 0.115. The monoisotopic (exact) mass is 402 g/mol. The quantitative estimate of drug-likeness (QED) is 0.716. The van der Waals surface area contributed by atoms with E-state index in [0.717, 1.165) is 21.7 Å². The zero-order valence-corrected chi connectivity index (χ0v) is 17.6. The predicted molar refractivity (Wildman–Crippen MR) is 112 cm³/mol. The predicted octanol–water partition coefficient (Wildman–Crippen LogP) is 3.69. The summed E-state index contributed by atoms with van der Waals surface area (Å²) in [7, 11) is -3.70. The van der Waals surface area contributed by atoms with Gasteiger partial charge in [0.2, 0.25) is 15.9 Å². The fourth-order valence-electron chi connectivity index (χ4n) is 3.18. The summed E-state index contributed by atoms with van der Waals surface area (Å²) >= 11 is 0. The molecule has 0 aromatic heterocycles. The summed E-state index contributed by atoms with van der Waals surface area (Å²) in [5.41, 5.74) is 3.20. The minimum Gasteiger partial charge on any atom is -0.324 e. The summed E-state index contributed by atoms with van der Waals surface area (Å²) in [5, 5.41) is 2.74. The number of ketones is 1. The van der Waals surface area contributed by atoms with E-state index in [4.69, 9.17) is 0 Å². The Morgan fingerprint density at radius 2 is 1.68 bits per heavy atom. The standard InChI is InChI=1S/C21H26N2O4S/c1-6-20(21(25)22-18-9-7-8-17(13-18)16(4)24)23(28(5,26)27)19-11-14(2)10-15(3)12-19/h7-13,20H,6H2,1-5H3,(H,22,25). The van der Waals surface area contributed by atoms with Crippen LogP contribution < -0.4 is 9.62 Å². The number of carbonyl (C=O) groups excluding carboxylic acids is 2. The van der Waals surface area contributed by atoms with Crippen LogP contribution in [0, 0.1) is 13.8 Å². The van der Waals surface area contributed by atoms with Crippen molar-refractivity contribution in [2.75, 3.05) is 15.9 Å². The van der Waals surface area contributed by atoms with E-state index in [2.05, 4.69) is 5.32 Å². The van der Waals surface area contributed by atoms with Gasteiger partial charge in [-0.05, 0) is 62.6 Å². The molecule has 150 valence electrons. The van der Waals surface area contributed by atoms with Crippen molar-refractivity contribution in [1.29, 1.82) is 0 Å². The Bertz CT molecular complexity index is 979. The molecular formula is C21H26N2O4S. The van der Waals surface area contributed by atoms with Crippen molar-refractivity contribution in [2.24, 2.45) is 0 Å². The highest BCUT2D eigenvalue weighted by molar-refractivity contribution is 7.92. The second-order valence-corrected chi connectivity index (χ2v) is 8.81. The third kappa shape index (κ3) is 5.19. The Kier molecular flexibility index (Phi) is 6.61. The number of rotatable bonds is 7.